The molecule has 8 aromatic carbocycles. The Kier molecular flexibility index (Phi) is 5.71. The van der Waals surface area contributed by atoms with E-state index in [9.17, 15) is 0 Å². The number of fused-ring (bicyclic) bond motifs is 13. The molecule has 4 heterocycles. The lowest BCUT2D eigenvalue weighted by Gasteiger charge is -2.11. The zero-order valence-electron chi connectivity index (χ0n) is 28.4. The average Bonchev–Trinajstić information content (AvgIpc) is 3.88. The van der Waals surface area contributed by atoms with Crippen LogP contribution in [0.5, 0.6) is 0 Å². The second kappa shape index (κ2) is 10.6. The van der Waals surface area contributed by atoms with Gasteiger partial charge in [0.05, 0.1) is 22.1 Å². The van der Waals surface area contributed by atoms with Crippen molar-refractivity contribution in [3.8, 4) is 22.9 Å². The second-order valence-corrected chi connectivity index (χ2v) is 13.8. The van der Waals surface area contributed by atoms with Crippen LogP contribution in [0.25, 0.3) is 110 Å². The Morgan fingerprint density at radius 2 is 1.00 bits per heavy atom. The minimum absolute atomic E-state index is 0.608. The Balaban J connectivity index is 1.20. The fourth-order valence-corrected chi connectivity index (χ4v) is 8.61. The molecule has 4 aromatic heterocycles. The predicted octanol–water partition coefficient (Wildman–Crippen LogP) is 12.5. The van der Waals surface area contributed by atoms with Gasteiger partial charge in [0.2, 0.25) is 5.95 Å². The van der Waals surface area contributed by atoms with E-state index in [-0.39, 0.29) is 0 Å². The van der Waals surface area contributed by atoms with Crippen molar-refractivity contribution >= 4 is 87.2 Å². The quantitative estimate of drug-likeness (QED) is 0.187. The van der Waals surface area contributed by atoms with E-state index in [0.29, 0.717) is 11.5 Å². The van der Waals surface area contributed by atoms with E-state index in [0.717, 1.165) is 60.9 Å². The van der Waals surface area contributed by atoms with Gasteiger partial charge in [-0.2, -0.15) is 0 Å². The monoisotopic (exact) mass is 676 g/mol. The molecular formula is C48H28N4O. The van der Waals surface area contributed by atoms with Gasteiger partial charge < -0.3 is 8.98 Å². The molecule has 0 bridgehead atoms. The molecule has 5 heteroatoms. The molecule has 0 fully saturated rings. The predicted molar refractivity (Wildman–Crippen MR) is 218 cm³/mol. The fourth-order valence-electron chi connectivity index (χ4n) is 8.61. The number of furan rings is 1. The summed E-state index contributed by atoms with van der Waals surface area (Å²) in [5.74, 6) is 0.608. The first-order valence-corrected chi connectivity index (χ1v) is 17.9. The second-order valence-electron chi connectivity index (χ2n) is 13.8. The van der Waals surface area contributed by atoms with E-state index in [1.807, 2.05) is 18.2 Å². The summed E-state index contributed by atoms with van der Waals surface area (Å²) in [6, 6.07) is 60.1. The molecule has 0 saturated heterocycles. The first-order chi connectivity index (χ1) is 26.3. The van der Waals surface area contributed by atoms with Crippen LogP contribution in [0, 0.1) is 0 Å². The lowest BCUT2D eigenvalue weighted by molar-refractivity contribution is 0.666. The lowest BCUT2D eigenvalue weighted by atomic mass is 10.00. The maximum absolute atomic E-state index is 6.64. The van der Waals surface area contributed by atoms with E-state index < -0.39 is 0 Å². The maximum Gasteiger partial charge on any atom is 0.236 e. The fraction of sp³-hybridized carbons (Fsp3) is 0. The summed E-state index contributed by atoms with van der Waals surface area (Å²) >= 11 is 0. The molecule has 0 unspecified atom stereocenters. The highest BCUT2D eigenvalue weighted by Crippen LogP contribution is 2.42. The Labute approximate surface area is 302 Å². The first-order valence-electron chi connectivity index (χ1n) is 17.9. The number of rotatable bonds is 3. The van der Waals surface area contributed by atoms with Crippen molar-refractivity contribution in [3.63, 3.8) is 0 Å². The Morgan fingerprint density at radius 1 is 0.415 bits per heavy atom. The van der Waals surface area contributed by atoms with Crippen molar-refractivity contribution in [1.82, 2.24) is 19.1 Å². The number of para-hydroxylation sites is 3. The van der Waals surface area contributed by atoms with Crippen molar-refractivity contribution in [3.05, 3.63) is 170 Å². The molecule has 0 saturated carbocycles. The molecular weight excluding hydrogens is 649 g/mol. The number of nitrogens with zero attached hydrogens (tertiary/aromatic N) is 4. The molecule has 0 radical (unpaired) electrons. The maximum atomic E-state index is 6.64. The van der Waals surface area contributed by atoms with Crippen LogP contribution in [0.3, 0.4) is 0 Å². The van der Waals surface area contributed by atoms with Gasteiger partial charge in [-0.05, 0) is 76.1 Å². The first kappa shape index (κ1) is 28.5. The van der Waals surface area contributed by atoms with E-state index in [4.69, 9.17) is 14.4 Å². The van der Waals surface area contributed by atoms with Crippen molar-refractivity contribution in [2.75, 3.05) is 0 Å². The molecule has 0 aliphatic rings. The number of aromatic nitrogens is 4. The minimum Gasteiger partial charge on any atom is -0.452 e. The van der Waals surface area contributed by atoms with Gasteiger partial charge in [-0.3, -0.25) is 4.57 Å². The minimum atomic E-state index is 0.608. The van der Waals surface area contributed by atoms with Crippen molar-refractivity contribution in [2.45, 2.75) is 0 Å². The molecule has 0 amide bonds. The smallest absolute Gasteiger partial charge is 0.236 e. The Hall–Kier alpha value is -7.24. The van der Waals surface area contributed by atoms with Gasteiger partial charge in [-0.1, -0.05) is 115 Å². The van der Waals surface area contributed by atoms with Gasteiger partial charge in [0.15, 0.2) is 5.58 Å². The molecule has 0 aliphatic heterocycles. The van der Waals surface area contributed by atoms with E-state index in [1.54, 1.807) is 0 Å². The van der Waals surface area contributed by atoms with Gasteiger partial charge in [0.25, 0.3) is 0 Å². The van der Waals surface area contributed by atoms with Crippen LogP contribution in [0.4, 0.5) is 0 Å². The van der Waals surface area contributed by atoms with Crippen LogP contribution < -0.4 is 0 Å². The molecule has 0 atom stereocenters. The van der Waals surface area contributed by atoms with Gasteiger partial charge in [-0.25, -0.2) is 9.97 Å². The van der Waals surface area contributed by atoms with Gasteiger partial charge in [0.1, 0.15) is 16.8 Å². The third kappa shape index (κ3) is 3.96. The summed E-state index contributed by atoms with van der Waals surface area (Å²) in [7, 11) is 0. The summed E-state index contributed by atoms with van der Waals surface area (Å²) in [6.07, 6.45) is 0. The average molecular weight is 677 g/mol. The molecule has 0 N–H and O–H groups in total. The summed E-state index contributed by atoms with van der Waals surface area (Å²) in [5, 5.41) is 10.5. The molecule has 246 valence electrons. The molecule has 0 spiro atoms. The Morgan fingerprint density at radius 3 is 1.74 bits per heavy atom. The zero-order valence-corrected chi connectivity index (χ0v) is 28.4. The van der Waals surface area contributed by atoms with Crippen LogP contribution in [-0.2, 0) is 0 Å². The topological polar surface area (TPSA) is 48.8 Å². The third-order valence-corrected chi connectivity index (χ3v) is 10.9. The highest BCUT2D eigenvalue weighted by Gasteiger charge is 2.23. The summed E-state index contributed by atoms with van der Waals surface area (Å²) in [6.45, 7) is 0. The van der Waals surface area contributed by atoms with Crippen molar-refractivity contribution in [2.24, 2.45) is 0 Å². The summed E-state index contributed by atoms with van der Waals surface area (Å²) in [5.41, 5.74) is 9.54. The molecule has 0 aliphatic carbocycles. The van der Waals surface area contributed by atoms with Crippen LogP contribution in [0.15, 0.2) is 174 Å². The molecule has 53 heavy (non-hydrogen) atoms. The number of hydrogen-bond donors (Lipinski definition) is 0. The largest absolute Gasteiger partial charge is 0.452 e. The summed E-state index contributed by atoms with van der Waals surface area (Å²) in [4.78, 5) is 10.8. The SMILES string of the molecule is c1ccc(-n2c3ccccc3c3cc(-c4nc(-n5c6ccc7ccccc7c6c6c7ccccc7ccc65)nc5c4oc4ccccc45)ccc32)cc1. The highest BCUT2D eigenvalue weighted by molar-refractivity contribution is 6.28. The van der Waals surface area contributed by atoms with Crippen LogP contribution in [-0.4, -0.2) is 19.1 Å². The van der Waals surface area contributed by atoms with Gasteiger partial charge in [0, 0.05) is 38.2 Å². The van der Waals surface area contributed by atoms with Crippen molar-refractivity contribution < 1.29 is 4.42 Å². The van der Waals surface area contributed by atoms with E-state index in [2.05, 4.69) is 161 Å². The van der Waals surface area contributed by atoms with Crippen LogP contribution >= 0.6 is 0 Å². The standard InChI is InChI=1S/C48H28N4O/c1-2-14-32(15-3-1)51-38-20-10-8-18-35(38)37-28-31(24-25-39(37)51)45-47-46(36-19-9-11-21-42(36)53-47)50-48(49-45)52-40-26-22-29-12-4-6-16-33(29)43(40)44-34-17-7-5-13-30(34)23-27-41(44)52/h1-28H. The normalized spacial score (nSPS) is 12.2. The number of hydrogen-bond acceptors (Lipinski definition) is 3. The van der Waals surface area contributed by atoms with Crippen molar-refractivity contribution in [1.29, 1.82) is 0 Å². The number of benzene rings is 8. The summed E-state index contributed by atoms with van der Waals surface area (Å²) < 4.78 is 11.2. The molecule has 5 nitrogen and oxygen atoms in total. The third-order valence-electron chi connectivity index (χ3n) is 10.9. The van der Waals surface area contributed by atoms with Crippen LogP contribution in [0.2, 0.25) is 0 Å². The van der Waals surface area contributed by atoms with E-state index in [1.165, 1.54) is 37.7 Å². The lowest BCUT2D eigenvalue weighted by Crippen LogP contribution is -2.03. The van der Waals surface area contributed by atoms with Gasteiger partial charge >= 0.3 is 0 Å². The Bertz CT molecular complexity index is 3370. The van der Waals surface area contributed by atoms with Gasteiger partial charge in [-0.15, -0.1) is 0 Å². The van der Waals surface area contributed by atoms with E-state index >= 15 is 0 Å². The zero-order chi connectivity index (χ0) is 34.6. The highest BCUT2D eigenvalue weighted by atomic mass is 16.3. The molecule has 12 rings (SSSR count). The molecule has 12 aromatic rings. The van der Waals surface area contributed by atoms with Crippen LogP contribution in [0.1, 0.15) is 0 Å².